The van der Waals surface area contributed by atoms with Crippen LogP contribution in [0, 0.1) is 0 Å². The van der Waals surface area contributed by atoms with E-state index < -0.39 is 38.1 Å². The van der Waals surface area contributed by atoms with E-state index in [0.29, 0.717) is 31.1 Å². The molecular formula is C16H17NO7S. The SMILES string of the molecule is CC(C(=O)ON1C(=O)c2ccccc2C1=O)S(=O)(=O)C1CCOCC1. The number of hydrogen-bond donors (Lipinski definition) is 0. The van der Waals surface area contributed by atoms with E-state index in [1.54, 1.807) is 12.1 Å². The van der Waals surface area contributed by atoms with Crippen molar-refractivity contribution in [2.24, 2.45) is 0 Å². The quantitative estimate of drug-likeness (QED) is 0.722. The third-order valence-electron chi connectivity index (χ3n) is 4.40. The van der Waals surface area contributed by atoms with Gasteiger partial charge in [-0.1, -0.05) is 17.2 Å². The third-order valence-corrected chi connectivity index (χ3v) is 6.97. The normalized spacial score (nSPS) is 19.6. The van der Waals surface area contributed by atoms with Gasteiger partial charge in [0.1, 0.15) is 0 Å². The number of ether oxygens (including phenoxy) is 1. The fourth-order valence-electron chi connectivity index (χ4n) is 2.84. The van der Waals surface area contributed by atoms with Crippen LogP contribution in [0.25, 0.3) is 0 Å². The van der Waals surface area contributed by atoms with Crippen molar-refractivity contribution in [2.45, 2.75) is 30.3 Å². The molecule has 0 N–H and O–H groups in total. The summed E-state index contributed by atoms with van der Waals surface area (Å²) in [6.45, 7) is 1.82. The number of carbonyl (C=O) groups excluding carboxylic acids is 3. The van der Waals surface area contributed by atoms with Crippen molar-refractivity contribution in [3.63, 3.8) is 0 Å². The zero-order valence-electron chi connectivity index (χ0n) is 13.5. The van der Waals surface area contributed by atoms with Crippen LogP contribution in [0.4, 0.5) is 0 Å². The number of hydroxylamine groups is 2. The van der Waals surface area contributed by atoms with Crippen LogP contribution < -0.4 is 0 Å². The Morgan fingerprint density at radius 2 is 1.68 bits per heavy atom. The number of fused-ring (bicyclic) bond motifs is 1. The van der Waals surface area contributed by atoms with Gasteiger partial charge in [0.05, 0.1) is 16.4 Å². The van der Waals surface area contributed by atoms with Crippen molar-refractivity contribution in [2.75, 3.05) is 13.2 Å². The molecule has 0 spiro atoms. The summed E-state index contributed by atoms with van der Waals surface area (Å²) in [7, 11) is -3.81. The van der Waals surface area contributed by atoms with Crippen molar-refractivity contribution in [1.82, 2.24) is 5.06 Å². The number of imide groups is 1. The first kappa shape index (κ1) is 17.6. The fourth-order valence-corrected chi connectivity index (χ4v) is 4.58. The molecule has 1 unspecified atom stereocenters. The van der Waals surface area contributed by atoms with Crippen LogP contribution in [-0.2, 0) is 24.2 Å². The summed E-state index contributed by atoms with van der Waals surface area (Å²) in [5, 5.41) is -1.87. The highest BCUT2D eigenvalue weighted by molar-refractivity contribution is 7.93. The summed E-state index contributed by atoms with van der Waals surface area (Å²) in [5.41, 5.74) is 0.223. The summed E-state index contributed by atoms with van der Waals surface area (Å²) in [6.07, 6.45) is 0.597. The maximum absolute atomic E-state index is 12.5. The Morgan fingerprint density at radius 3 is 2.20 bits per heavy atom. The monoisotopic (exact) mass is 367 g/mol. The van der Waals surface area contributed by atoms with Crippen LogP contribution in [0.3, 0.4) is 0 Å². The van der Waals surface area contributed by atoms with Crippen molar-refractivity contribution in [3.05, 3.63) is 35.4 Å². The van der Waals surface area contributed by atoms with Gasteiger partial charge in [-0.2, -0.15) is 0 Å². The molecule has 9 heteroatoms. The molecule has 134 valence electrons. The Kier molecular flexibility index (Phi) is 4.61. The second-order valence-electron chi connectivity index (χ2n) is 5.90. The maximum atomic E-state index is 12.5. The first-order chi connectivity index (χ1) is 11.8. The minimum Gasteiger partial charge on any atom is -0.381 e. The highest BCUT2D eigenvalue weighted by Gasteiger charge is 2.43. The molecule has 1 fully saturated rings. The van der Waals surface area contributed by atoms with E-state index in [1.807, 2.05) is 0 Å². The highest BCUT2D eigenvalue weighted by Crippen LogP contribution is 2.25. The minimum atomic E-state index is -3.81. The van der Waals surface area contributed by atoms with E-state index in [1.165, 1.54) is 19.1 Å². The van der Waals surface area contributed by atoms with Crippen LogP contribution in [-0.4, -0.2) is 55.0 Å². The molecular weight excluding hydrogens is 350 g/mol. The van der Waals surface area contributed by atoms with Gasteiger partial charge in [-0.05, 0) is 31.9 Å². The highest BCUT2D eigenvalue weighted by atomic mass is 32.2. The number of benzene rings is 1. The molecule has 0 saturated carbocycles. The number of amides is 2. The van der Waals surface area contributed by atoms with E-state index in [9.17, 15) is 22.8 Å². The summed E-state index contributed by atoms with van der Waals surface area (Å²) < 4.78 is 30.2. The molecule has 8 nitrogen and oxygen atoms in total. The van der Waals surface area contributed by atoms with E-state index in [-0.39, 0.29) is 11.1 Å². The molecule has 0 aromatic heterocycles. The lowest BCUT2D eigenvalue weighted by Crippen LogP contribution is -2.43. The standard InChI is InChI=1S/C16H17NO7S/c1-10(25(21,22)11-6-8-23-9-7-11)16(20)24-17-14(18)12-4-2-3-5-13(12)15(17)19/h2-5,10-11H,6-9H2,1H3. The molecule has 0 radical (unpaired) electrons. The molecule has 3 rings (SSSR count). The zero-order chi connectivity index (χ0) is 18.2. The third kappa shape index (κ3) is 3.05. The van der Waals surface area contributed by atoms with Gasteiger partial charge in [-0.25, -0.2) is 13.2 Å². The van der Waals surface area contributed by atoms with Crippen LogP contribution >= 0.6 is 0 Å². The predicted molar refractivity (Wildman–Crippen MR) is 85.3 cm³/mol. The lowest BCUT2D eigenvalue weighted by Gasteiger charge is -2.25. The van der Waals surface area contributed by atoms with Gasteiger partial charge in [-0.15, -0.1) is 0 Å². The molecule has 1 saturated heterocycles. The largest absolute Gasteiger partial charge is 0.381 e. The molecule has 1 aromatic carbocycles. The first-order valence-corrected chi connectivity index (χ1v) is 9.45. The topological polar surface area (TPSA) is 107 Å². The van der Waals surface area contributed by atoms with E-state index in [0.717, 1.165) is 0 Å². The molecule has 2 amide bonds. The number of carbonyl (C=O) groups is 3. The Hall–Kier alpha value is -2.26. The minimum absolute atomic E-state index is 0.111. The molecule has 2 heterocycles. The van der Waals surface area contributed by atoms with Crippen molar-refractivity contribution >= 4 is 27.6 Å². The van der Waals surface area contributed by atoms with E-state index in [4.69, 9.17) is 9.57 Å². The molecule has 2 aliphatic heterocycles. The van der Waals surface area contributed by atoms with Gasteiger partial charge in [0, 0.05) is 13.2 Å². The lowest BCUT2D eigenvalue weighted by atomic mass is 10.1. The van der Waals surface area contributed by atoms with E-state index >= 15 is 0 Å². The number of rotatable bonds is 4. The molecule has 1 atom stereocenters. The summed E-state index contributed by atoms with van der Waals surface area (Å²) >= 11 is 0. The van der Waals surface area contributed by atoms with E-state index in [2.05, 4.69) is 0 Å². The van der Waals surface area contributed by atoms with Crippen molar-refractivity contribution in [1.29, 1.82) is 0 Å². The Balaban J connectivity index is 1.74. The van der Waals surface area contributed by atoms with Crippen LogP contribution in [0.5, 0.6) is 0 Å². The zero-order valence-corrected chi connectivity index (χ0v) is 14.3. The average molecular weight is 367 g/mol. The smallest absolute Gasteiger partial charge is 0.350 e. The molecule has 2 aliphatic rings. The Bertz CT molecular complexity index is 792. The predicted octanol–water partition coefficient (Wildman–Crippen LogP) is 0.723. The van der Waals surface area contributed by atoms with Gasteiger partial charge < -0.3 is 9.57 Å². The molecule has 1 aromatic rings. The molecule has 0 aliphatic carbocycles. The van der Waals surface area contributed by atoms with Crippen molar-refractivity contribution in [3.8, 4) is 0 Å². The summed E-state index contributed by atoms with van der Waals surface area (Å²) in [6, 6.07) is 6.03. The molecule has 0 bridgehead atoms. The Labute approximate surface area is 144 Å². The van der Waals surface area contributed by atoms with Crippen LogP contribution in [0.2, 0.25) is 0 Å². The first-order valence-electron chi connectivity index (χ1n) is 7.84. The number of sulfone groups is 1. The lowest BCUT2D eigenvalue weighted by molar-refractivity contribution is -0.167. The van der Waals surface area contributed by atoms with Crippen LogP contribution in [0.1, 0.15) is 40.5 Å². The maximum Gasteiger partial charge on any atom is 0.350 e. The Morgan fingerprint density at radius 1 is 1.16 bits per heavy atom. The average Bonchev–Trinajstić information content (AvgIpc) is 2.87. The fraction of sp³-hybridized carbons (Fsp3) is 0.438. The van der Waals surface area contributed by atoms with Gasteiger partial charge in [0.25, 0.3) is 11.8 Å². The van der Waals surface area contributed by atoms with Gasteiger partial charge in [0.15, 0.2) is 15.1 Å². The van der Waals surface area contributed by atoms with Gasteiger partial charge in [-0.3, -0.25) is 9.59 Å². The van der Waals surface area contributed by atoms with Gasteiger partial charge in [0.2, 0.25) is 0 Å². The number of nitrogens with zero attached hydrogens (tertiary/aromatic N) is 1. The molecule has 25 heavy (non-hydrogen) atoms. The van der Waals surface area contributed by atoms with Crippen LogP contribution in [0.15, 0.2) is 24.3 Å². The van der Waals surface area contributed by atoms with Gasteiger partial charge >= 0.3 is 5.97 Å². The second-order valence-corrected chi connectivity index (χ2v) is 8.46. The van der Waals surface area contributed by atoms with Crippen molar-refractivity contribution < 1.29 is 32.4 Å². The summed E-state index contributed by atoms with van der Waals surface area (Å²) in [4.78, 5) is 41.5. The summed E-state index contributed by atoms with van der Waals surface area (Å²) in [5.74, 6) is -2.73. The number of hydrogen-bond acceptors (Lipinski definition) is 7. The second kappa shape index (κ2) is 6.57.